The van der Waals surface area contributed by atoms with Crippen LogP contribution in [0, 0.1) is 12.3 Å². The van der Waals surface area contributed by atoms with Crippen LogP contribution in [0.2, 0.25) is 0 Å². The van der Waals surface area contributed by atoms with Crippen molar-refractivity contribution in [3.05, 3.63) is 23.7 Å². The Bertz CT molecular complexity index is 245. The Kier molecular flexibility index (Phi) is 5.59. The molecule has 1 aromatic rings. The van der Waals surface area contributed by atoms with Crippen molar-refractivity contribution in [2.75, 3.05) is 0 Å². The summed E-state index contributed by atoms with van der Waals surface area (Å²) in [5.41, 5.74) is 0.365. The zero-order valence-electron chi connectivity index (χ0n) is 10.5. The number of hydrogen-bond donors (Lipinski definition) is 0. The highest BCUT2D eigenvalue weighted by Gasteiger charge is 2.17. The van der Waals surface area contributed by atoms with Gasteiger partial charge in [0.1, 0.15) is 11.5 Å². The van der Waals surface area contributed by atoms with Crippen LogP contribution < -0.4 is 0 Å². The van der Waals surface area contributed by atoms with Crippen molar-refractivity contribution in [2.45, 2.75) is 54.4 Å². The van der Waals surface area contributed by atoms with Crippen LogP contribution in [0.25, 0.3) is 0 Å². The van der Waals surface area contributed by atoms with E-state index in [1.54, 1.807) is 0 Å². The molecule has 0 N–H and O–H groups in total. The summed E-state index contributed by atoms with van der Waals surface area (Å²) >= 11 is 0. The quantitative estimate of drug-likeness (QED) is 0.689. The molecule has 0 saturated heterocycles. The summed E-state index contributed by atoms with van der Waals surface area (Å²) in [4.78, 5) is 0. The first-order valence-electron chi connectivity index (χ1n) is 5.59. The second-order valence-electron chi connectivity index (χ2n) is 4.21. The third-order valence-corrected chi connectivity index (χ3v) is 2.41. The molecule has 0 bridgehead atoms. The zero-order chi connectivity index (χ0) is 11.2. The average Bonchev–Trinajstić information content (AvgIpc) is 2.54. The molecule has 1 heteroatoms. The van der Waals surface area contributed by atoms with E-state index in [2.05, 4.69) is 26.8 Å². The normalized spacial score (nSPS) is 10.7. The van der Waals surface area contributed by atoms with Gasteiger partial charge in [0.25, 0.3) is 0 Å². The Morgan fingerprint density at radius 2 is 1.79 bits per heavy atom. The fourth-order valence-corrected chi connectivity index (χ4v) is 1.18. The van der Waals surface area contributed by atoms with E-state index in [-0.39, 0.29) is 0 Å². The Morgan fingerprint density at radius 1 is 1.21 bits per heavy atom. The molecule has 1 nitrogen and oxygen atoms in total. The van der Waals surface area contributed by atoms with E-state index in [1.807, 2.05) is 26.8 Å². The van der Waals surface area contributed by atoms with Crippen LogP contribution in [0.4, 0.5) is 0 Å². The largest absolute Gasteiger partial charge is 0.466 e. The van der Waals surface area contributed by atoms with E-state index in [0.717, 1.165) is 17.9 Å². The summed E-state index contributed by atoms with van der Waals surface area (Å²) < 4.78 is 5.52. The summed E-state index contributed by atoms with van der Waals surface area (Å²) in [5.74, 6) is 2.12. The van der Waals surface area contributed by atoms with Gasteiger partial charge in [-0.1, -0.05) is 41.0 Å². The molecule has 1 heterocycles. The van der Waals surface area contributed by atoms with Crippen LogP contribution >= 0.6 is 0 Å². The fourth-order valence-electron chi connectivity index (χ4n) is 1.18. The highest BCUT2D eigenvalue weighted by Crippen LogP contribution is 2.25. The first-order valence-corrected chi connectivity index (χ1v) is 5.59. The van der Waals surface area contributed by atoms with Crippen molar-refractivity contribution in [2.24, 2.45) is 5.41 Å². The Morgan fingerprint density at radius 3 is 2.14 bits per heavy atom. The summed E-state index contributed by atoms with van der Waals surface area (Å²) in [6, 6.07) is 4.10. The molecule has 1 aromatic heterocycles. The first-order chi connectivity index (χ1) is 6.53. The second-order valence-corrected chi connectivity index (χ2v) is 4.21. The number of aryl methyl sites for hydroxylation is 1. The van der Waals surface area contributed by atoms with Crippen molar-refractivity contribution in [3.8, 4) is 0 Å². The highest BCUT2D eigenvalue weighted by atomic mass is 16.3. The lowest BCUT2D eigenvalue weighted by molar-refractivity contribution is 0.314. The standard InChI is InChI=1S/C11H18O.C2H6/c1-5-11(3,4)8-10-7-6-9(2)12-10;1-2/h6-7H,5,8H2,1-4H3;1-2H3. The molecule has 82 valence electrons. The van der Waals surface area contributed by atoms with Crippen molar-refractivity contribution in [3.63, 3.8) is 0 Å². The lowest BCUT2D eigenvalue weighted by atomic mass is 9.86. The molecule has 0 aromatic carbocycles. The van der Waals surface area contributed by atoms with E-state index < -0.39 is 0 Å². The average molecular weight is 196 g/mol. The highest BCUT2D eigenvalue weighted by molar-refractivity contribution is 5.07. The molecule has 1 rings (SSSR count). The number of furan rings is 1. The Balaban J connectivity index is 0.000000791. The lowest BCUT2D eigenvalue weighted by Crippen LogP contribution is -2.12. The smallest absolute Gasteiger partial charge is 0.104 e. The van der Waals surface area contributed by atoms with Crippen LogP contribution in [0.3, 0.4) is 0 Å². The van der Waals surface area contributed by atoms with Crippen molar-refractivity contribution in [1.82, 2.24) is 0 Å². The lowest BCUT2D eigenvalue weighted by Gasteiger charge is -2.20. The number of rotatable bonds is 3. The molecule has 0 amide bonds. The molecule has 0 saturated carbocycles. The van der Waals surface area contributed by atoms with Gasteiger partial charge in [0.2, 0.25) is 0 Å². The van der Waals surface area contributed by atoms with Gasteiger partial charge in [0.05, 0.1) is 0 Å². The molecule has 0 unspecified atom stereocenters. The molecule has 0 fully saturated rings. The van der Waals surface area contributed by atoms with Gasteiger partial charge in [-0.15, -0.1) is 0 Å². The predicted molar refractivity (Wildman–Crippen MR) is 62.6 cm³/mol. The molecule has 0 aliphatic rings. The van der Waals surface area contributed by atoms with Crippen molar-refractivity contribution in [1.29, 1.82) is 0 Å². The van der Waals surface area contributed by atoms with E-state index in [0.29, 0.717) is 5.41 Å². The third-order valence-electron chi connectivity index (χ3n) is 2.41. The van der Waals surface area contributed by atoms with Gasteiger partial charge >= 0.3 is 0 Å². The summed E-state index contributed by atoms with van der Waals surface area (Å²) in [6.45, 7) is 12.7. The zero-order valence-corrected chi connectivity index (χ0v) is 10.5. The first kappa shape index (κ1) is 13.3. The predicted octanol–water partition coefficient (Wildman–Crippen LogP) is 4.59. The molecule has 0 radical (unpaired) electrons. The monoisotopic (exact) mass is 196 g/mol. The van der Waals surface area contributed by atoms with Crippen molar-refractivity contribution < 1.29 is 4.42 Å². The van der Waals surface area contributed by atoms with Gasteiger partial charge in [0, 0.05) is 6.42 Å². The fraction of sp³-hybridized carbons (Fsp3) is 0.692. The minimum atomic E-state index is 0.365. The maximum atomic E-state index is 5.52. The summed E-state index contributed by atoms with van der Waals surface area (Å²) in [6.07, 6.45) is 2.23. The van der Waals surface area contributed by atoms with Crippen LogP contribution in [0.5, 0.6) is 0 Å². The van der Waals surface area contributed by atoms with Crippen LogP contribution in [-0.2, 0) is 6.42 Å². The Labute approximate surface area is 88.5 Å². The molecule has 0 aliphatic carbocycles. The van der Waals surface area contributed by atoms with Crippen LogP contribution in [-0.4, -0.2) is 0 Å². The third kappa shape index (κ3) is 4.50. The minimum absolute atomic E-state index is 0.365. The molecule has 0 aliphatic heterocycles. The van der Waals surface area contributed by atoms with Crippen LogP contribution in [0.1, 0.15) is 52.6 Å². The van der Waals surface area contributed by atoms with Gasteiger partial charge in [-0.05, 0) is 24.5 Å². The van der Waals surface area contributed by atoms with Gasteiger partial charge in [-0.25, -0.2) is 0 Å². The van der Waals surface area contributed by atoms with Gasteiger partial charge in [-0.2, -0.15) is 0 Å². The second kappa shape index (κ2) is 5.90. The summed E-state index contributed by atoms with van der Waals surface area (Å²) in [7, 11) is 0. The van der Waals surface area contributed by atoms with Gasteiger partial charge in [-0.3, -0.25) is 0 Å². The molecule has 0 spiro atoms. The van der Waals surface area contributed by atoms with Gasteiger partial charge < -0.3 is 4.42 Å². The van der Waals surface area contributed by atoms with Crippen molar-refractivity contribution >= 4 is 0 Å². The maximum Gasteiger partial charge on any atom is 0.104 e. The molecule has 14 heavy (non-hydrogen) atoms. The molecular weight excluding hydrogens is 172 g/mol. The topological polar surface area (TPSA) is 13.1 Å². The van der Waals surface area contributed by atoms with E-state index in [4.69, 9.17) is 4.42 Å². The SMILES string of the molecule is CC.CCC(C)(C)Cc1ccc(C)o1. The maximum absolute atomic E-state index is 5.52. The van der Waals surface area contributed by atoms with E-state index >= 15 is 0 Å². The minimum Gasteiger partial charge on any atom is -0.466 e. The van der Waals surface area contributed by atoms with E-state index in [9.17, 15) is 0 Å². The van der Waals surface area contributed by atoms with E-state index in [1.165, 1.54) is 6.42 Å². The van der Waals surface area contributed by atoms with Crippen LogP contribution in [0.15, 0.2) is 16.5 Å². The summed E-state index contributed by atoms with van der Waals surface area (Å²) in [5, 5.41) is 0. The number of hydrogen-bond acceptors (Lipinski definition) is 1. The molecular formula is C13H24O. The molecule has 0 atom stereocenters. The Hall–Kier alpha value is -0.720. The van der Waals surface area contributed by atoms with Gasteiger partial charge in [0.15, 0.2) is 0 Å².